The number of aromatic hydroxyl groups is 3. The molecule has 1 aliphatic heterocycles. The molecule has 0 aromatic heterocycles. The zero-order chi connectivity index (χ0) is 44.8. The molecule has 0 atom stereocenters. The van der Waals surface area contributed by atoms with Crippen molar-refractivity contribution in [3.05, 3.63) is 188 Å². The number of hydrogen-bond acceptors (Lipinski definition) is 5. The lowest BCUT2D eigenvalue weighted by Gasteiger charge is -2.39. The first kappa shape index (κ1) is 39.8. The van der Waals surface area contributed by atoms with Crippen molar-refractivity contribution in [3.8, 4) is 61.8 Å². The quantitative estimate of drug-likeness (QED) is 0.119. The predicted molar refractivity (Wildman–Crippen MR) is 278 cm³/mol. The molecule has 0 saturated carbocycles. The molecule has 1 heterocycles. The molecule has 12 rings (SSSR count). The molecule has 1 aliphatic rings. The highest BCUT2D eigenvalue weighted by Crippen LogP contribution is 2.59. The van der Waals surface area contributed by atoms with E-state index in [1.165, 1.54) is 11.8 Å². The minimum absolute atomic E-state index is 0.0220. The van der Waals surface area contributed by atoms with Gasteiger partial charge in [-0.15, -0.1) is 0 Å². The van der Waals surface area contributed by atoms with Crippen LogP contribution in [0.25, 0.3) is 87.6 Å². The van der Waals surface area contributed by atoms with Crippen LogP contribution in [-0.4, -0.2) is 38.9 Å². The zero-order valence-electron chi connectivity index (χ0n) is 35.3. The molecule has 0 spiro atoms. The standard InChI is InChI=1S/C58H34B3NO3S/c59-49-48(47-43-26-14-11-23-40(43)39-22-10-13-25-42(39)45(47)34-17-5-2-6-18-34)55(64)50(60)52-57(49)66-58-53(62(52)44-31-36-19-7-8-20-37(36)38-21-9-12-24-41(38)44)51(61)54(63)46(56(58)65)35-29-27-33(28-30-35)32-15-3-1-4-16-32/h1-31,63-65H. The van der Waals surface area contributed by atoms with Crippen LogP contribution in [0.5, 0.6) is 17.2 Å². The van der Waals surface area contributed by atoms with Crippen molar-refractivity contribution in [2.45, 2.75) is 9.79 Å². The van der Waals surface area contributed by atoms with E-state index in [4.69, 9.17) is 23.5 Å². The average molecular weight is 857 g/mol. The Bertz CT molecular complexity index is 3810. The van der Waals surface area contributed by atoms with Gasteiger partial charge in [0.15, 0.2) is 0 Å². The fraction of sp³-hybridized carbons (Fsp3) is 0. The Kier molecular flexibility index (Phi) is 9.30. The Labute approximate surface area is 389 Å². The number of phenols is 3. The van der Waals surface area contributed by atoms with Crippen molar-refractivity contribution in [1.29, 1.82) is 0 Å². The van der Waals surface area contributed by atoms with Crippen LogP contribution < -0.4 is 21.3 Å². The number of rotatable bonds is 5. The van der Waals surface area contributed by atoms with Crippen LogP contribution in [0.4, 0.5) is 17.1 Å². The molecule has 11 aromatic rings. The maximum Gasteiger partial charge on any atom is 0.143 e. The van der Waals surface area contributed by atoms with Crippen molar-refractivity contribution in [2.75, 3.05) is 4.90 Å². The molecule has 0 aliphatic carbocycles. The molecule has 0 amide bonds. The van der Waals surface area contributed by atoms with E-state index in [-0.39, 0.29) is 39.2 Å². The summed E-state index contributed by atoms with van der Waals surface area (Å²) in [6.45, 7) is 0. The monoisotopic (exact) mass is 857 g/mol. The lowest BCUT2D eigenvalue weighted by molar-refractivity contribution is 0.448. The number of nitrogens with zero attached hydrogens (tertiary/aromatic N) is 1. The van der Waals surface area contributed by atoms with Crippen LogP contribution in [-0.2, 0) is 0 Å². The van der Waals surface area contributed by atoms with Gasteiger partial charge < -0.3 is 20.2 Å². The molecular weight excluding hydrogens is 823 g/mol. The van der Waals surface area contributed by atoms with Crippen LogP contribution >= 0.6 is 11.8 Å². The second-order valence-corrected chi connectivity index (χ2v) is 17.7. The van der Waals surface area contributed by atoms with Gasteiger partial charge in [-0.2, -0.15) is 0 Å². The Hall–Kier alpha value is -7.80. The van der Waals surface area contributed by atoms with Crippen LogP contribution in [0.3, 0.4) is 0 Å². The summed E-state index contributed by atoms with van der Waals surface area (Å²) in [6.07, 6.45) is 0. The lowest BCUT2D eigenvalue weighted by atomic mass is 9.75. The number of hydrogen-bond donors (Lipinski definition) is 3. The van der Waals surface area contributed by atoms with Crippen molar-refractivity contribution in [2.24, 2.45) is 0 Å². The Morgan fingerprint density at radius 2 is 0.758 bits per heavy atom. The van der Waals surface area contributed by atoms with Crippen LogP contribution in [0, 0.1) is 0 Å². The minimum atomic E-state index is -0.291. The van der Waals surface area contributed by atoms with Crippen molar-refractivity contribution < 1.29 is 15.3 Å². The molecule has 3 N–H and O–H groups in total. The average Bonchev–Trinajstić information content (AvgIpc) is 3.37. The summed E-state index contributed by atoms with van der Waals surface area (Å²) >= 11 is 1.22. The van der Waals surface area contributed by atoms with Gasteiger partial charge in [0.05, 0.1) is 27.5 Å². The molecule has 304 valence electrons. The van der Waals surface area contributed by atoms with Crippen LogP contribution in [0.2, 0.25) is 0 Å². The van der Waals surface area contributed by atoms with E-state index in [2.05, 4.69) is 54.6 Å². The first-order valence-corrected chi connectivity index (χ1v) is 22.5. The number of anilines is 3. The first-order chi connectivity index (χ1) is 32.3. The Morgan fingerprint density at radius 3 is 1.38 bits per heavy atom. The van der Waals surface area contributed by atoms with Crippen LogP contribution in [0.15, 0.2) is 198 Å². The highest BCUT2D eigenvalue weighted by atomic mass is 32.2. The molecule has 0 saturated heterocycles. The van der Waals surface area contributed by atoms with Gasteiger partial charge in [-0.1, -0.05) is 199 Å². The SMILES string of the molecule is [B]c1c2c(c([B])c(O)c1-c1c(-c3ccccc3)c3ccccc3c3ccccc13)N(c1cc3ccccc3c3ccccc13)c1c([B])c(O)c(-c3ccc(-c4ccccc4)cc3)c(O)c1S2. The molecule has 8 heteroatoms. The van der Waals surface area contributed by atoms with Gasteiger partial charge in [-0.3, -0.25) is 0 Å². The first-order valence-electron chi connectivity index (χ1n) is 21.6. The summed E-state index contributed by atoms with van der Waals surface area (Å²) in [7, 11) is 22.2. The molecule has 6 radical (unpaired) electrons. The normalized spacial score (nSPS) is 12.2. The molecule has 4 nitrogen and oxygen atoms in total. The van der Waals surface area contributed by atoms with E-state index < -0.39 is 0 Å². The minimum Gasteiger partial charge on any atom is -0.508 e. The third-order valence-corrected chi connectivity index (χ3v) is 14.3. The molecule has 0 fully saturated rings. The zero-order valence-corrected chi connectivity index (χ0v) is 36.1. The Balaban J connectivity index is 1.19. The third kappa shape index (κ3) is 5.91. The molecule has 0 bridgehead atoms. The number of fused-ring (bicyclic) bond motifs is 8. The van der Waals surface area contributed by atoms with Gasteiger partial charge in [-0.05, 0) is 82.5 Å². The smallest absolute Gasteiger partial charge is 0.143 e. The van der Waals surface area contributed by atoms with Gasteiger partial charge >= 0.3 is 0 Å². The van der Waals surface area contributed by atoms with Gasteiger partial charge in [0.25, 0.3) is 0 Å². The van der Waals surface area contributed by atoms with E-state index in [1.54, 1.807) is 0 Å². The van der Waals surface area contributed by atoms with Gasteiger partial charge in [0.2, 0.25) is 0 Å². The van der Waals surface area contributed by atoms with Crippen molar-refractivity contribution >= 4 is 112 Å². The van der Waals surface area contributed by atoms with Gasteiger partial charge in [-0.25, -0.2) is 0 Å². The molecule has 11 aromatic carbocycles. The molecule has 66 heavy (non-hydrogen) atoms. The van der Waals surface area contributed by atoms with E-state index in [9.17, 15) is 15.3 Å². The number of phenolic OH excluding ortho intramolecular Hbond substituents is 3. The summed E-state index contributed by atoms with van der Waals surface area (Å²) in [5, 5.41) is 45.6. The van der Waals surface area contributed by atoms with Gasteiger partial charge in [0.1, 0.15) is 40.8 Å². The van der Waals surface area contributed by atoms with Crippen molar-refractivity contribution in [3.63, 3.8) is 0 Å². The molecule has 0 unspecified atom stereocenters. The highest BCUT2D eigenvalue weighted by Gasteiger charge is 2.37. The summed E-state index contributed by atoms with van der Waals surface area (Å²) in [5.74, 6) is -0.672. The summed E-state index contributed by atoms with van der Waals surface area (Å²) in [6, 6.07) is 62.4. The fourth-order valence-corrected chi connectivity index (χ4v) is 11.3. The molecular formula is C58H34B3NO3S. The van der Waals surface area contributed by atoms with E-state index in [0.29, 0.717) is 38.0 Å². The van der Waals surface area contributed by atoms with E-state index in [0.717, 1.165) is 70.9 Å². The maximum atomic E-state index is 12.9. The second kappa shape index (κ2) is 15.4. The fourth-order valence-electron chi connectivity index (χ4n) is 10.1. The van der Waals surface area contributed by atoms with E-state index in [1.807, 2.05) is 138 Å². The lowest BCUT2D eigenvalue weighted by Crippen LogP contribution is -2.32. The Morgan fingerprint density at radius 1 is 0.333 bits per heavy atom. The summed E-state index contributed by atoms with van der Waals surface area (Å²) < 4.78 is 0. The summed E-state index contributed by atoms with van der Waals surface area (Å²) in [4.78, 5) is 2.73. The topological polar surface area (TPSA) is 63.9 Å². The number of benzene rings is 11. The van der Waals surface area contributed by atoms with E-state index >= 15 is 0 Å². The maximum absolute atomic E-state index is 12.9. The highest BCUT2D eigenvalue weighted by molar-refractivity contribution is 8.00. The third-order valence-electron chi connectivity index (χ3n) is 13.1. The summed E-state index contributed by atoms with van der Waals surface area (Å²) in [5.41, 5.74) is 7.39. The second-order valence-electron chi connectivity index (χ2n) is 16.6. The van der Waals surface area contributed by atoms with Crippen molar-refractivity contribution in [1.82, 2.24) is 0 Å². The predicted octanol–water partition coefficient (Wildman–Crippen LogP) is 12.4. The van der Waals surface area contributed by atoms with Crippen LogP contribution in [0.1, 0.15) is 0 Å². The van der Waals surface area contributed by atoms with Gasteiger partial charge in [0, 0.05) is 21.4 Å². The largest absolute Gasteiger partial charge is 0.508 e.